The highest BCUT2D eigenvalue weighted by molar-refractivity contribution is 6.31. The third kappa shape index (κ3) is 3.40. The molecule has 1 aromatic carbocycles. The SMILES string of the molecule is COCCC(NC(=O)c1oc2ccc(Cl)cc2c1C)C(=O)O. The summed E-state index contributed by atoms with van der Waals surface area (Å²) in [4.78, 5) is 23.4. The van der Waals surface area contributed by atoms with Crippen molar-refractivity contribution in [1.82, 2.24) is 5.32 Å². The van der Waals surface area contributed by atoms with Gasteiger partial charge in [-0.1, -0.05) is 11.6 Å². The van der Waals surface area contributed by atoms with E-state index in [-0.39, 0.29) is 18.8 Å². The second kappa shape index (κ2) is 6.81. The Bertz CT molecular complexity index is 709. The third-order valence-corrected chi connectivity index (χ3v) is 3.55. The second-order valence-electron chi connectivity index (χ2n) is 4.84. The van der Waals surface area contributed by atoms with Crippen LogP contribution in [-0.2, 0) is 9.53 Å². The van der Waals surface area contributed by atoms with Gasteiger partial charge in [0.25, 0.3) is 5.91 Å². The Balaban J connectivity index is 2.25. The van der Waals surface area contributed by atoms with Crippen molar-refractivity contribution in [2.75, 3.05) is 13.7 Å². The summed E-state index contributed by atoms with van der Waals surface area (Å²) in [5.74, 6) is -1.61. The molecule has 0 spiro atoms. The number of nitrogens with one attached hydrogen (secondary N) is 1. The van der Waals surface area contributed by atoms with Crippen LogP contribution >= 0.6 is 11.6 Å². The molecule has 118 valence electrons. The van der Waals surface area contributed by atoms with Gasteiger partial charge >= 0.3 is 5.97 Å². The summed E-state index contributed by atoms with van der Waals surface area (Å²) >= 11 is 5.93. The summed E-state index contributed by atoms with van der Waals surface area (Å²) in [6.45, 7) is 1.95. The minimum absolute atomic E-state index is 0.0842. The van der Waals surface area contributed by atoms with E-state index in [4.69, 9.17) is 25.9 Å². The minimum Gasteiger partial charge on any atom is -0.480 e. The van der Waals surface area contributed by atoms with Crippen LogP contribution in [0, 0.1) is 6.92 Å². The molecular weight excluding hydrogens is 310 g/mol. The first-order valence-electron chi connectivity index (χ1n) is 6.65. The maximum atomic E-state index is 12.3. The van der Waals surface area contributed by atoms with Crippen molar-refractivity contribution < 1.29 is 23.8 Å². The molecule has 2 aromatic rings. The van der Waals surface area contributed by atoms with Gasteiger partial charge in [-0.05, 0) is 25.1 Å². The molecule has 0 saturated heterocycles. The molecule has 0 fully saturated rings. The maximum absolute atomic E-state index is 12.3. The van der Waals surface area contributed by atoms with E-state index in [1.54, 1.807) is 25.1 Å². The molecule has 0 radical (unpaired) electrons. The van der Waals surface area contributed by atoms with E-state index in [2.05, 4.69) is 5.32 Å². The number of rotatable bonds is 6. The first-order valence-corrected chi connectivity index (χ1v) is 7.03. The number of furan rings is 1. The lowest BCUT2D eigenvalue weighted by Crippen LogP contribution is -2.41. The summed E-state index contributed by atoms with van der Waals surface area (Å²) in [5.41, 5.74) is 1.14. The van der Waals surface area contributed by atoms with Crippen LogP contribution in [0.2, 0.25) is 5.02 Å². The highest BCUT2D eigenvalue weighted by Crippen LogP contribution is 2.27. The van der Waals surface area contributed by atoms with E-state index in [1.165, 1.54) is 7.11 Å². The number of aliphatic carboxylic acids is 1. The van der Waals surface area contributed by atoms with Crippen LogP contribution in [0.5, 0.6) is 0 Å². The molecule has 2 N–H and O–H groups in total. The Labute approximate surface area is 132 Å². The number of halogens is 1. The van der Waals surface area contributed by atoms with Gasteiger partial charge in [0.1, 0.15) is 11.6 Å². The van der Waals surface area contributed by atoms with Crippen molar-refractivity contribution in [3.8, 4) is 0 Å². The van der Waals surface area contributed by atoms with Crippen LogP contribution in [0.1, 0.15) is 22.5 Å². The van der Waals surface area contributed by atoms with Gasteiger partial charge in [0.2, 0.25) is 0 Å². The fourth-order valence-corrected chi connectivity index (χ4v) is 2.30. The Morgan fingerprint density at radius 3 is 2.82 bits per heavy atom. The number of hydrogen-bond donors (Lipinski definition) is 2. The van der Waals surface area contributed by atoms with E-state index < -0.39 is 17.9 Å². The van der Waals surface area contributed by atoms with Crippen molar-refractivity contribution in [2.45, 2.75) is 19.4 Å². The number of hydrogen-bond acceptors (Lipinski definition) is 4. The number of carbonyl (C=O) groups excluding carboxylic acids is 1. The molecule has 6 nitrogen and oxygen atoms in total. The zero-order valence-corrected chi connectivity index (χ0v) is 12.9. The minimum atomic E-state index is -1.12. The lowest BCUT2D eigenvalue weighted by Gasteiger charge is -2.13. The predicted octanol–water partition coefficient (Wildman–Crippen LogP) is 2.61. The molecule has 1 unspecified atom stereocenters. The molecule has 22 heavy (non-hydrogen) atoms. The van der Waals surface area contributed by atoms with Gasteiger partial charge < -0.3 is 19.6 Å². The highest BCUT2D eigenvalue weighted by Gasteiger charge is 2.24. The number of fused-ring (bicyclic) bond motifs is 1. The maximum Gasteiger partial charge on any atom is 0.326 e. The van der Waals surface area contributed by atoms with Gasteiger partial charge in [-0.15, -0.1) is 0 Å². The second-order valence-corrected chi connectivity index (χ2v) is 5.28. The van der Waals surface area contributed by atoms with Crippen LogP contribution in [0.15, 0.2) is 22.6 Å². The number of carbonyl (C=O) groups is 2. The monoisotopic (exact) mass is 325 g/mol. The molecule has 7 heteroatoms. The van der Waals surface area contributed by atoms with E-state index in [0.29, 0.717) is 16.2 Å². The normalized spacial score (nSPS) is 12.3. The van der Waals surface area contributed by atoms with Gasteiger partial charge in [0.05, 0.1) is 0 Å². The Hall–Kier alpha value is -2.05. The average Bonchev–Trinajstić information content (AvgIpc) is 2.80. The summed E-state index contributed by atoms with van der Waals surface area (Å²) < 4.78 is 10.3. The van der Waals surface area contributed by atoms with E-state index >= 15 is 0 Å². The number of amides is 1. The van der Waals surface area contributed by atoms with Gasteiger partial charge in [-0.25, -0.2) is 4.79 Å². The molecule has 0 bridgehead atoms. The van der Waals surface area contributed by atoms with E-state index in [0.717, 1.165) is 5.39 Å². The van der Waals surface area contributed by atoms with Crippen molar-refractivity contribution >= 4 is 34.4 Å². The molecule has 0 aliphatic heterocycles. The van der Waals surface area contributed by atoms with Crippen molar-refractivity contribution in [3.05, 3.63) is 34.5 Å². The highest BCUT2D eigenvalue weighted by atomic mass is 35.5. The number of benzene rings is 1. The van der Waals surface area contributed by atoms with Gasteiger partial charge in [-0.2, -0.15) is 0 Å². The first-order chi connectivity index (χ1) is 10.4. The van der Waals surface area contributed by atoms with Crippen LogP contribution in [-0.4, -0.2) is 36.7 Å². The average molecular weight is 326 g/mol. The van der Waals surface area contributed by atoms with E-state index in [9.17, 15) is 9.59 Å². The number of carboxylic acid groups (broad SMARTS) is 1. The molecule has 1 aromatic heterocycles. The molecular formula is C15H16ClNO5. The molecule has 0 aliphatic rings. The van der Waals surface area contributed by atoms with Crippen molar-refractivity contribution in [3.63, 3.8) is 0 Å². The Morgan fingerprint density at radius 2 is 2.18 bits per heavy atom. The molecule has 1 amide bonds. The summed E-state index contributed by atoms with van der Waals surface area (Å²) in [6.07, 6.45) is 0.169. The van der Waals surface area contributed by atoms with Crippen LogP contribution in [0.4, 0.5) is 0 Å². The lowest BCUT2D eigenvalue weighted by atomic mass is 10.1. The summed E-state index contributed by atoms with van der Waals surface area (Å²) in [7, 11) is 1.47. The number of methoxy groups -OCH3 is 1. The molecule has 0 aliphatic carbocycles. The largest absolute Gasteiger partial charge is 0.480 e. The standard InChI is InChI=1S/C15H16ClNO5/c1-8-10-7-9(16)3-4-12(10)22-13(8)14(18)17-11(15(19)20)5-6-21-2/h3-4,7,11H,5-6H2,1-2H3,(H,17,18)(H,19,20). The molecule has 1 heterocycles. The van der Waals surface area contributed by atoms with Crippen LogP contribution in [0.25, 0.3) is 11.0 Å². The van der Waals surface area contributed by atoms with Crippen LogP contribution < -0.4 is 5.32 Å². The zero-order chi connectivity index (χ0) is 16.3. The zero-order valence-electron chi connectivity index (χ0n) is 12.2. The number of carboxylic acids is 1. The van der Waals surface area contributed by atoms with Crippen molar-refractivity contribution in [2.24, 2.45) is 0 Å². The van der Waals surface area contributed by atoms with Gasteiger partial charge in [0.15, 0.2) is 5.76 Å². The van der Waals surface area contributed by atoms with Gasteiger partial charge in [0, 0.05) is 36.1 Å². The van der Waals surface area contributed by atoms with Gasteiger partial charge in [-0.3, -0.25) is 4.79 Å². The fourth-order valence-electron chi connectivity index (χ4n) is 2.13. The quantitative estimate of drug-likeness (QED) is 0.852. The summed E-state index contributed by atoms with van der Waals surface area (Å²) in [6, 6.07) is 3.99. The fraction of sp³-hybridized carbons (Fsp3) is 0.333. The molecule has 2 rings (SSSR count). The van der Waals surface area contributed by atoms with Crippen LogP contribution in [0.3, 0.4) is 0 Å². The smallest absolute Gasteiger partial charge is 0.326 e. The third-order valence-electron chi connectivity index (χ3n) is 3.32. The predicted molar refractivity (Wildman–Crippen MR) is 81.3 cm³/mol. The van der Waals surface area contributed by atoms with Crippen molar-refractivity contribution in [1.29, 1.82) is 0 Å². The first kappa shape index (κ1) is 16.3. The number of aryl methyl sites for hydroxylation is 1. The summed E-state index contributed by atoms with van der Waals surface area (Å²) in [5, 5.41) is 12.8. The Kier molecular flexibility index (Phi) is 5.05. The van der Waals surface area contributed by atoms with E-state index in [1.807, 2.05) is 0 Å². The lowest BCUT2D eigenvalue weighted by molar-refractivity contribution is -0.139. The molecule has 0 saturated carbocycles. The topological polar surface area (TPSA) is 88.8 Å². The number of ether oxygens (including phenoxy) is 1. The molecule has 1 atom stereocenters. The Morgan fingerprint density at radius 1 is 1.45 bits per heavy atom.